The van der Waals surface area contributed by atoms with E-state index in [0.29, 0.717) is 12.0 Å². The molecule has 1 aliphatic carbocycles. The van der Waals surface area contributed by atoms with Crippen molar-refractivity contribution in [1.82, 2.24) is 5.32 Å². The zero-order valence-corrected chi connectivity index (χ0v) is 14.1. The Hall–Kier alpha value is -0.600. The van der Waals surface area contributed by atoms with Gasteiger partial charge in [0.25, 0.3) is 0 Å². The zero-order chi connectivity index (χ0) is 15.4. The van der Waals surface area contributed by atoms with Crippen LogP contribution in [0.1, 0.15) is 45.1 Å². The molecule has 1 N–H and O–H groups in total. The summed E-state index contributed by atoms with van der Waals surface area (Å²) in [7, 11) is 2.01. The SMILES string of the molecule is CNC(Cc1cccc(F)c1Cl)C1CCC(C(C)C)CC1. The van der Waals surface area contributed by atoms with Gasteiger partial charge in [-0.15, -0.1) is 0 Å². The summed E-state index contributed by atoms with van der Waals surface area (Å²) in [6, 6.07) is 5.50. The van der Waals surface area contributed by atoms with Crippen LogP contribution in [-0.2, 0) is 6.42 Å². The van der Waals surface area contributed by atoms with Crippen LogP contribution in [-0.4, -0.2) is 13.1 Å². The minimum atomic E-state index is -0.312. The van der Waals surface area contributed by atoms with Crippen LogP contribution in [0.4, 0.5) is 4.39 Å². The monoisotopic (exact) mass is 311 g/mol. The molecule has 1 fully saturated rings. The summed E-state index contributed by atoms with van der Waals surface area (Å²) in [5.74, 6) is 2.02. The second-order valence-electron chi connectivity index (χ2n) is 6.73. The van der Waals surface area contributed by atoms with Gasteiger partial charge in [-0.3, -0.25) is 0 Å². The number of benzene rings is 1. The number of rotatable bonds is 5. The number of likely N-dealkylation sites (N-methyl/N-ethyl adjacent to an activating group) is 1. The lowest BCUT2D eigenvalue weighted by molar-refractivity contribution is 0.191. The van der Waals surface area contributed by atoms with Crippen LogP contribution in [0, 0.1) is 23.6 Å². The van der Waals surface area contributed by atoms with E-state index < -0.39 is 0 Å². The van der Waals surface area contributed by atoms with E-state index in [0.717, 1.165) is 23.8 Å². The lowest BCUT2D eigenvalue weighted by Gasteiger charge is -2.35. The molecule has 0 bridgehead atoms. The molecule has 0 amide bonds. The Labute approximate surface area is 133 Å². The number of halogens is 2. The lowest BCUT2D eigenvalue weighted by atomic mass is 9.73. The van der Waals surface area contributed by atoms with E-state index in [2.05, 4.69) is 19.2 Å². The molecule has 1 unspecified atom stereocenters. The van der Waals surface area contributed by atoms with E-state index in [4.69, 9.17) is 11.6 Å². The Morgan fingerprint density at radius 1 is 1.19 bits per heavy atom. The van der Waals surface area contributed by atoms with Crippen molar-refractivity contribution in [3.63, 3.8) is 0 Å². The fraction of sp³-hybridized carbons (Fsp3) is 0.667. The maximum atomic E-state index is 13.6. The Kier molecular flexibility index (Phi) is 6.07. The summed E-state index contributed by atoms with van der Waals surface area (Å²) in [5.41, 5.74) is 0.919. The molecule has 0 aromatic heterocycles. The first-order valence-corrected chi connectivity index (χ1v) is 8.50. The van der Waals surface area contributed by atoms with Crippen LogP contribution in [0.5, 0.6) is 0 Å². The first kappa shape index (κ1) is 16.8. The molecule has 0 saturated heterocycles. The second kappa shape index (κ2) is 7.60. The molecule has 0 radical (unpaired) electrons. The van der Waals surface area contributed by atoms with E-state index in [1.165, 1.54) is 31.7 Å². The van der Waals surface area contributed by atoms with E-state index in [1.54, 1.807) is 6.07 Å². The van der Waals surface area contributed by atoms with Crippen molar-refractivity contribution in [2.24, 2.45) is 17.8 Å². The molecule has 1 nitrogen and oxygen atoms in total. The molecule has 2 rings (SSSR count). The zero-order valence-electron chi connectivity index (χ0n) is 13.3. The summed E-state index contributed by atoms with van der Waals surface area (Å²) in [5, 5.41) is 3.72. The van der Waals surface area contributed by atoms with Crippen molar-refractivity contribution in [3.05, 3.63) is 34.6 Å². The highest BCUT2D eigenvalue weighted by Gasteiger charge is 2.28. The van der Waals surface area contributed by atoms with Gasteiger partial charge in [0.15, 0.2) is 0 Å². The van der Waals surface area contributed by atoms with Crippen molar-refractivity contribution in [2.45, 2.75) is 52.0 Å². The fourth-order valence-electron chi connectivity index (χ4n) is 3.66. The maximum Gasteiger partial charge on any atom is 0.142 e. The molecule has 1 atom stereocenters. The van der Waals surface area contributed by atoms with Gasteiger partial charge in [0.1, 0.15) is 5.82 Å². The number of hydrogen-bond acceptors (Lipinski definition) is 1. The fourth-order valence-corrected chi connectivity index (χ4v) is 3.86. The van der Waals surface area contributed by atoms with Crippen molar-refractivity contribution >= 4 is 11.6 Å². The van der Waals surface area contributed by atoms with Gasteiger partial charge in [-0.2, -0.15) is 0 Å². The standard InChI is InChI=1S/C18H27ClFN/c1-12(2)13-7-9-14(10-8-13)17(21-3)11-15-5-4-6-16(20)18(15)19/h4-6,12-14,17,21H,7-11H2,1-3H3. The van der Waals surface area contributed by atoms with Gasteiger partial charge in [0, 0.05) is 6.04 Å². The third-order valence-corrected chi connectivity index (χ3v) is 5.59. The van der Waals surface area contributed by atoms with E-state index in [-0.39, 0.29) is 10.8 Å². The Balaban J connectivity index is 1.99. The summed E-state index contributed by atoms with van der Waals surface area (Å²) < 4.78 is 13.6. The van der Waals surface area contributed by atoms with Gasteiger partial charge in [-0.25, -0.2) is 4.39 Å². The molecular formula is C18H27ClFN. The van der Waals surface area contributed by atoms with Crippen molar-refractivity contribution in [2.75, 3.05) is 7.05 Å². The largest absolute Gasteiger partial charge is 0.316 e. The van der Waals surface area contributed by atoms with Gasteiger partial charge in [-0.1, -0.05) is 37.6 Å². The summed E-state index contributed by atoms with van der Waals surface area (Å²) >= 11 is 6.10. The highest BCUT2D eigenvalue weighted by atomic mass is 35.5. The topological polar surface area (TPSA) is 12.0 Å². The number of nitrogens with one attached hydrogen (secondary N) is 1. The van der Waals surface area contributed by atoms with Crippen molar-refractivity contribution in [3.8, 4) is 0 Å². The smallest absolute Gasteiger partial charge is 0.142 e. The normalized spacial score (nSPS) is 24.3. The Bertz CT molecular complexity index is 453. The summed E-state index contributed by atoms with van der Waals surface area (Å²) in [4.78, 5) is 0. The van der Waals surface area contributed by atoms with Crippen LogP contribution in [0.2, 0.25) is 5.02 Å². The van der Waals surface area contributed by atoms with Crippen LogP contribution >= 0.6 is 11.6 Å². The van der Waals surface area contributed by atoms with Gasteiger partial charge in [0.05, 0.1) is 5.02 Å². The van der Waals surface area contributed by atoms with Gasteiger partial charge >= 0.3 is 0 Å². The molecule has 1 aromatic rings. The molecule has 3 heteroatoms. The quantitative estimate of drug-likeness (QED) is 0.800. The second-order valence-corrected chi connectivity index (χ2v) is 7.11. The molecule has 21 heavy (non-hydrogen) atoms. The predicted octanol–water partition coefficient (Wildman–Crippen LogP) is 5.07. The van der Waals surface area contributed by atoms with E-state index >= 15 is 0 Å². The summed E-state index contributed by atoms with van der Waals surface area (Å²) in [6.07, 6.45) is 5.97. The highest BCUT2D eigenvalue weighted by molar-refractivity contribution is 6.31. The van der Waals surface area contributed by atoms with Crippen LogP contribution in [0.15, 0.2) is 18.2 Å². The third kappa shape index (κ3) is 4.20. The third-order valence-electron chi connectivity index (χ3n) is 5.17. The molecule has 1 aliphatic rings. The minimum absolute atomic E-state index is 0.286. The minimum Gasteiger partial charge on any atom is -0.316 e. The van der Waals surface area contributed by atoms with Crippen molar-refractivity contribution in [1.29, 1.82) is 0 Å². The molecule has 0 heterocycles. The first-order valence-electron chi connectivity index (χ1n) is 8.13. The van der Waals surface area contributed by atoms with Crippen LogP contribution in [0.3, 0.4) is 0 Å². The Morgan fingerprint density at radius 3 is 2.38 bits per heavy atom. The molecule has 0 spiro atoms. The van der Waals surface area contributed by atoms with E-state index in [9.17, 15) is 4.39 Å². The molecule has 1 saturated carbocycles. The molecule has 118 valence electrons. The average Bonchev–Trinajstić information content (AvgIpc) is 2.49. The van der Waals surface area contributed by atoms with Gasteiger partial charge in [0.2, 0.25) is 0 Å². The molecule has 1 aromatic carbocycles. The molecular weight excluding hydrogens is 285 g/mol. The number of hydrogen-bond donors (Lipinski definition) is 1. The Morgan fingerprint density at radius 2 is 1.81 bits per heavy atom. The maximum absolute atomic E-state index is 13.6. The van der Waals surface area contributed by atoms with Crippen molar-refractivity contribution < 1.29 is 4.39 Å². The first-order chi connectivity index (χ1) is 10.0. The highest BCUT2D eigenvalue weighted by Crippen LogP contribution is 2.36. The van der Waals surface area contributed by atoms with Gasteiger partial charge in [-0.05, 0) is 68.5 Å². The average molecular weight is 312 g/mol. The van der Waals surface area contributed by atoms with Crippen LogP contribution in [0.25, 0.3) is 0 Å². The van der Waals surface area contributed by atoms with E-state index in [1.807, 2.05) is 13.1 Å². The lowest BCUT2D eigenvalue weighted by Crippen LogP contribution is -2.38. The summed E-state index contributed by atoms with van der Waals surface area (Å²) in [6.45, 7) is 4.65. The molecule has 0 aliphatic heterocycles. The van der Waals surface area contributed by atoms with Crippen LogP contribution < -0.4 is 5.32 Å². The van der Waals surface area contributed by atoms with Gasteiger partial charge < -0.3 is 5.32 Å². The predicted molar refractivity (Wildman–Crippen MR) is 88.2 cm³/mol.